The molecule has 1 fully saturated rings. The highest BCUT2D eigenvalue weighted by molar-refractivity contribution is 7.80. The number of rotatable bonds is 4. The normalized spacial score (nSPS) is 23.0. The van der Waals surface area contributed by atoms with Crippen molar-refractivity contribution in [2.75, 3.05) is 11.9 Å². The first-order valence-electron chi connectivity index (χ1n) is 6.41. The molecule has 0 heterocycles. The smallest absolute Gasteiger partial charge is 0.104 e. The summed E-state index contributed by atoms with van der Waals surface area (Å²) < 4.78 is 0. The zero-order valence-corrected chi connectivity index (χ0v) is 12.2. The third kappa shape index (κ3) is 3.15. The van der Waals surface area contributed by atoms with Crippen molar-refractivity contribution in [1.29, 1.82) is 0 Å². The number of benzene rings is 1. The highest BCUT2D eigenvalue weighted by Gasteiger charge is 2.22. The number of anilines is 1. The lowest BCUT2D eigenvalue weighted by Crippen LogP contribution is -2.17. The Morgan fingerprint density at radius 3 is 2.83 bits per heavy atom. The molecule has 2 atom stereocenters. The second-order valence-electron chi connectivity index (χ2n) is 5.11. The van der Waals surface area contributed by atoms with Gasteiger partial charge in [0.15, 0.2) is 0 Å². The van der Waals surface area contributed by atoms with Gasteiger partial charge in [-0.25, -0.2) is 0 Å². The van der Waals surface area contributed by atoms with E-state index in [0.29, 0.717) is 10.0 Å². The summed E-state index contributed by atoms with van der Waals surface area (Å²) >= 11 is 11.1. The number of nitrogens with one attached hydrogen (secondary N) is 1. The van der Waals surface area contributed by atoms with Gasteiger partial charge in [-0.2, -0.15) is 0 Å². The lowest BCUT2D eigenvalue weighted by atomic mass is 9.98. The average Bonchev–Trinajstić information content (AvgIpc) is 2.73. The van der Waals surface area contributed by atoms with Crippen LogP contribution in [0, 0.1) is 11.8 Å². The summed E-state index contributed by atoms with van der Waals surface area (Å²) in [4.78, 5) is 0.382. The minimum absolute atomic E-state index is 0.382. The molecule has 4 heteroatoms. The molecule has 18 heavy (non-hydrogen) atoms. The number of thiocarbonyl (C=S) groups is 1. The van der Waals surface area contributed by atoms with Crippen LogP contribution in [0.4, 0.5) is 5.69 Å². The van der Waals surface area contributed by atoms with E-state index in [1.807, 2.05) is 18.2 Å². The Labute approximate surface area is 119 Å². The van der Waals surface area contributed by atoms with Gasteiger partial charge in [-0.15, -0.1) is 0 Å². The molecule has 0 amide bonds. The van der Waals surface area contributed by atoms with E-state index in [1.165, 1.54) is 19.3 Å². The van der Waals surface area contributed by atoms with Crippen LogP contribution >= 0.6 is 23.8 Å². The van der Waals surface area contributed by atoms with Crippen LogP contribution in [0.2, 0.25) is 5.02 Å². The quantitative estimate of drug-likeness (QED) is 0.825. The van der Waals surface area contributed by atoms with Gasteiger partial charge in [-0.3, -0.25) is 0 Å². The van der Waals surface area contributed by atoms with Crippen molar-refractivity contribution in [3.05, 3.63) is 28.8 Å². The molecule has 1 aliphatic carbocycles. The summed E-state index contributed by atoms with van der Waals surface area (Å²) in [6, 6.07) is 5.69. The molecule has 2 unspecified atom stereocenters. The Bertz CT molecular complexity index is 447. The molecule has 2 rings (SSSR count). The third-order valence-electron chi connectivity index (χ3n) is 3.85. The zero-order valence-electron chi connectivity index (χ0n) is 10.6. The summed E-state index contributed by atoms with van der Waals surface area (Å²) in [5.41, 5.74) is 7.36. The fourth-order valence-corrected chi connectivity index (χ4v) is 2.95. The predicted molar refractivity (Wildman–Crippen MR) is 82.3 cm³/mol. The van der Waals surface area contributed by atoms with Crippen LogP contribution in [-0.2, 0) is 0 Å². The van der Waals surface area contributed by atoms with Crippen molar-refractivity contribution in [1.82, 2.24) is 0 Å². The molecular formula is C14H19ClN2S. The maximum Gasteiger partial charge on any atom is 0.104 e. The molecule has 0 saturated heterocycles. The first kappa shape index (κ1) is 13.6. The van der Waals surface area contributed by atoms with Crippen LogP contribution in [-0.4, -0.2) is 11.5 Å². The minimum Gasteiger partial charge on any atom is -0.389 e. The van der Waals surface area contributed by atoms with Crippen molar-refractivity contribution >= 4 is 34.5 Å². The topological polar surface area (TPSA) is 38.0 Å². The van der Waals surface area contributed by atoms with Gasteiger partial charge in [0.2, 0.25) is 0 Å². The molecule has 0 radical (unpaired) electrons. The van der Waals surface area contributed by atoms with Crippen LogP contribution in [0.1, 0.15) is 31.7 Å². The van der Waals surface area contributed by atoms with E-state index in [1.54, 1.807) is 0 Å². The Morgan fingerprint density at radius 2 is 2.28 bits per heavy atom. The van der Waals surface area contributed by atoms with E-state index in [2.05, 4.69) is 12.2 Å². The lowest BCUT2D eigenvalue weighted by molar-refractivity contribution is 0.440. The fourth-order valence-electron chi connectivity index (χ4n) is 2.58. The molecule has 3 N–H and O–H groups in total. The Balaban J connectivity index is 1.99. The molecule has 0 aliphatic heterocycles. The first-order chi connectivity index (χ1) is 8.58. The predicted octanol–water partition coefficient (Wildman–Crippen LogP) is 3.82. The largest absolute Gasteiger partial charge is 0.389 e. The summed E-state index contributed by atoms with van der Waals surface area (Å²) in [6.07, 6.45) is 4.01. The van der Waals surface area contributed by atoms with Crippen LogP contribution in [0.3, 0.4) is 0 Å². The summed E-state index contributed by atoms with van der Waals surface area (Å²) in [5, 5.41) is 4.12. The van der Waals surface area contributed by atoms with E-state index in [0.717, 1.165) is 29.6 Å². The van der Waals surface area contributed by atoms with E-state index in [9.17, 15) is 0 Å². The number of nitrogens with two attached hydrogens (primary N) is 1. The summed E-state index contributed by atoms with van der Waals surface area (Å²) in [6.45, 7) is 3.32. The molecule has 2 nitrogen and oxygen atoms in total. The molecule has 1 aliphatic rings. The van der Waals surface area contributed by atoms with Crippen molar-refractivity contribution in [3.63, 3.8) is 0 Å². The zero-order chi connectivity index (χ0) is 13.1. The van der Waals surface area contributed by atoms with Gasteiger partial charge in [0.25, 0.3) is 0 Å². The van der Waals surface area contributed by atoms with Crippen molar-refractivity contribution < 1.29 is 0 Å². The average molecular weight is 283 g/mol. The molecule has 0 spiro atoms. The van der Waals surface area contributed by atoms with E-state index in [-0.39, 0.29) is 0 Å². The molecule has 0 bridgehead atoms. The van der Waals surface area contributed by atoms with Crippen molar-refractivity contribution in [3.8, 4) is 0 Å². The van der Waals surface area contributed by atoms with Gasteiger partial charge in [-0.05, 0) is 36.5 Å². The summed E-state index contributed by atoms with van der Waals surface area (Å²) in [5.74, 6) is 1.57. The van der Waals surface area contributed by atoms with Gasteiger partial charge in [-0.1, -0.05) is 43.6 Å². The number of hydrogen-bond donors (Lipinski definition) is 2. The Morgan fingerprint density at radius 1 is 1.50 bits per heavy atom. The van der Waals surface area contributed by atoms with E-state index < -0.39 is 0 Å². The van der Waals surface area contributed by atoms with Crippen molar-refractivity contribution in [2.24, 2.45) is 17.6 Å². The van der Waals surface area contributed by atoms with Gasteiger partial charge in [0.05, 0.1) is 10.7 Å². The van der Waals surface area contributed by atoms with Gasteiger partial charge >= 0.3 is 0 Å². The maximum atomic E-state index is 6.22. The number of hydrogen-bond acceptors (Lipinski definition) is 2. The van der Waals surface area contributed by atoms with E-state index >= 15 is 0 Å². The highest BCUT2D eigenvalue weighted by atomic mass is 35.5. The van der Waals surface area contributed by atoms with E-state index in [4.69, 9.17) is 29.6 Å². The first-order valence-corrected chi connectivity index (χ1v) is 7.20. The maximum absolute atomic E-state index is 6.22. The molecule has 98 valence electrons. The van der Waals surface area contributed by atoms with Gasteiger partial charge < -0.3 is 11.1 Å². The van der Waals surface area contributed by atoms with Gasteiger partial charge in [0, 0.05) is 12.1 Å². The number of halogens is 1. The van der Waals surface area contributed by atoms with Crippen molar-refractivity contribution in [2.45, 2.75) is 26.2 Å². The minimum atomic E-state index is 0.382. The monoisotopic (exact) mass is 282 g/mol. The van der Waals surface area contributed by atoms with Crippen LogP contribution < -0.4 is 11.1 Å². The highest BCUT2D eigenvalue weighted by Crippen LogP contribution is 2.32. The van der Waals surface area contributed by atoms with Crippen LogP contribution in [0.5, 0.6) is 0 Å². The third-order valence-corrected chi connectivity index (χ3v) is 4.40. The Kier molecular flexibility index (Phi) is 4.46. The second kappa shape index (κ2) is 5.89. The molecule has 1 aromatic rings. The Hall–Kier alpha value is -0.800. The lowest BCUT2D eigenvalue weighted by Gasteiger charge is -2.17. The standard InChI is InChI=1S/C14H19ClN2S/c1-9-3-2-4-11(9)8-17-13-6-5-10(14(16)18)7-12(13)15/h5-7,9,11,17H,2-4,8H2,1H3,(H2,16,18). The SMILES string of the molecule is CC1CCCC1CNc1ccc(C(N)=S)cc1Cl. The molecule has 1 aromatic carbocycles. The van der Waals surface area contributed by atoms with Crippen LogP contribution in [0.25, 0.3) is 0 Å². The fraction of sp³-hybridized carbons (Fsp3) is 0.500. The molecule has 0 aromatic heterocycles. The second-order valence-corrected chi connectivity index (χ2v) is 5.96. The summed E-state index contributed by atoms with van der Waals surface area (Å²) in [7, 11) is 0. The molecular weight excluding hydrogens is 264 g/mol. The van der Waals surface area contributed by atoms with Crippen LogP contribution in [0.15, 0.2) is 18.2 Å². The molecule has 1 saturated carbocycles. The van der Waals surface area contributed by atoms with Gasteiger partial charge in [0.1, 0.15) is 4.99 Å².